The molecule has 1 aromatic carbocycles. The third-order valence-electron chi connectivity index (χ3n) is 2.82. The molecule has 0 saturated heterocycles. The lowest BCUT2D eigenvalue weighted by molar-refractivity contribution is -0.385. The maximum atomic E-state index is 10.8. The summed E-state index contributed by atoms with van der Waals surface area (Å²) in [6.45, 7) is 3.90. The molecule has 3 N–H and O–H groups in total. The Morgan fingerprint density at radius 1 is 1.56 bits per heavy atom. The maximum Gasteiger partial charge on any atom is 0.274 e. The number of rotatable bonds is 4. The summed E-state index contributed by atoms with van der Waals surface area (Å²) >= 11 is 0. The van der Waals surface area contributed by atoms with Crippen LogP contribution in [0, 0.1) is 16.0 Å². The van der Waals surface area contributed by atoms with E-state index in [-0.39, 0.29) is 17.4 Å². The lowest BCUT2D eigenvalue weighted by Crippen LogP contribution is -2.19. The van der Waals surface area contributed by atoms with Crippen molar-refractivity contribution in [1.29, 1.82) is 0 Å². The highest BCUT2D eigenvalue weighted by atomic mass is 16.6. The van der Waals surface area contributed by atoms with E-state index in [1.54, 1.807) is 0 Å². The molecule has 0 aliphatic heterocycles. The Balaban J connectivity index is 3.19. The number of aromatic hydroxyl groups is 1. The fourth-order valence-electron chi connectivity index (χ4n) is 1.54. The highest BCUT2D eigenvalue weighted by Gasteiger charge is 2.23. The molecule has 1 aromatic rings. The van der Waals surface area contributed by atoms with Gasteiger partial charge in [0.25, 0.3) is 5.69 Å². The quantitative estimate of drug-likeness (QED) is 0.606. The molecule has 0 amide bonds. The summed E-state index contributed by atoms with van der Waals surface area (Å²) in [6.07, 6.45) is 0.827. The van der Waals surface area contributed by atoms with Gasteiger partial charge in [-0.1, -0.05) is 20.3 Å². The second-order valence-corrected chi connectivity index (χ2v) is 3.91. The van der Waals surface area contributed by atoms with Crippen molar-refractivity contribution in [2.45, 2.75) is 26.3 Å². The van der Waals surface area contributed by atoms with Crippen molar-refractivity contribution < 1.29 is 10.0 Å². The van der Waals surface area contributed by atoms with Gasteiger partial charge < -0.3 is 10.8 Å². The molecule has 5 heteroatoms. The van der Waals surface area contributed by atoms with E-state index < -0.39 is 11.0 Å². The van der Waals surface area contributed by atoms with Crippen LogP contribution in [0.4, 0.5) is 5.69 Å². The van der Waals surface area contributed by atoms with Gasteiger partial charge in [-0.15, -0.1) is 0 Å². The van der Waals surface area contributed by atoms with Gasteiger partial charge in [-0.25, -0.2) is 0 Å². The van der Waals surface area contributed by atoms with E-state index in [0.29, 0.717) is 5.56 Å². The van der Waals surface area contributed by atoms with Crippen molar-refractivity contribution in [3.8, 4) is 5.75 Å². The summed E-state index contributed by atoms with van der Waals surface area (Å²) in [4.78, 5) is 10.3. The predicted molar refractivity (Wildman–Crippen MR) is 61.1 cm³/mol. The van der Waals surface area contributed by atoms with Gasteiger partial charge in [0, 0.05) is 12.1 Å². The zero-order valence-electron chi connectivity index (χ0n) is 9.38. The number of hydrogen-bond acceptors (Lipinski definition) is 4. The van der Waals surface area contributed by atoms with Crippen LogP contribution in [0.2, 0.25) is 0 Å². The number of phenols is 1. The summed E-state index contributed by atoms with van der Waals surface area (Å²) in [5.41, 5.74) is 6.29. The molecule has 0 heterocycles. The van der Waals surface area contributed by atoms with Gasteiger partial charge in [0.05, 0.1) is 10.5 Å². The minimum atomic E-state index is -0.475. The van der Waals surface area contributed by atoms with E-state index in [2.05, 4.69) is 0 Å². The monoisotopic (exact) mass is 224 g/mol. The SMILES string of the molecule is CCC(C)[C@@H](N)c1cc(O)ccc1[N+](=O)[O-]. The van der Waals surface area contributed by atoms with Crippen LogP contribution in [0.1, 0.15) is 31.9 Å². The number of nitro benzene ring substituents is 1. The molecule has 0 aliphatic rings. The molecule has 0 aromatic heterocycles. The number of benzene rings is 1. The third kappa shape index (κ3) is 2.49. The van der Waals surface area contributed by atoms with Crippen LogP contribution in [0.3, 0.4) is 0 Å². The van der Waals surface area contributed by atoms with Crippen molar-refractivity contribution in [2.24, 2.45) is 11.7 Å². The van der Waals surface area contributed by atoms with Crippen molar-refractivity contribution >= 4 is 5.69 Å². The zero-order chi connectivity index (χ0) is 12.3. The summed E-state index contributed by atoms with van der Waals surface area (Å²) < 4.78 is 0. The highest BCUT2D eigenvalue weighted by molar-refractivity contribution is 5.46. The first-order valence-corrected chi connectivity index (χ1v) is 5.20. The van der Waals surface area contributed by atoms with Crippen LogP contribution in [0.5, 0.6) is 5.75 Å². The first kappa shape index (κ1) is 12.4. The first-order valence-electron chi connectivity index (χ1n) is 5.20. The van der Waals surface area contributed by atoms with Gasteiger partial charge in [-0.05, 0) is 18.1 Å². The fourth-order valence-corrected chi connectivity index (χ4v) is 1.54. The normalized spacial score (nSPS) is 14.4. The van der Waals surface area contributed by atoms with Crippen LogP contribution in [0.15, 0.2) is 18.2 Å². The average Bonchev–Trinajstić information content (AvgIpc) is 2.26. The first-order chi connectivity index (χ1) is 7.47. The fraction of sp³-hybridized carbons (Fsp3) is 0.455. The molecular formula is C11H16N2O3. The number of phenolic OH excluding ortho intramolecular Hbond substituents is 1. The van der Waals surface area contributed by atoms with E-state index in [1.165, 1.54) is 18.2 Å². The predicted octanol–water partition coefficient (Wildman–Crippen LogP) is 2.35. The Hall–Kier alpha value is -1.62. The van der Waals surface area contributed by atoms with Crippen LogP contribution < -0.4 is 5.73 Å². The summed E-state index contributed by atoms with van der Waals surface area (Å²) in [5.74, 6) is 0.125. The van der Waals surface area contributed by atoms with Gasteiger partial charge in [0.1, 0.15) is 5.75 Å². The van der Waals surface area contributed by atoms with Gasteiger partial charge >= 0.3 is 0 Å². The second-order valence-electron chi connectivity index (χ2n) is 3.91. The van der Waals surface area contributed by atoms with Gasteiger partial charge in [0.15, 0.2) is 0 Å². The molecular weight excluding hydrogens is 208 g/mol. The number of nitrogens with zero attached hydrogens (tertiary/aromatic N) is 1. The largest absolute Gasteiger partial charge is 0.508 e. The Morgan fingerprint density at radius 2 is 2.19 bits per heavy atom. The highest BCUT2D eigenvalue weighted by Crippen LogP contribution is 2.32. The molecule has 1 rings (SSSR count). The zero-order valence-corrected chi connectivity index (χ0v) is 9.38. The second kappa shape index (κ2) is 4.94. The lowest BCUT2D eigenvalue weighted by Gasteiger charge is -2.18. The van der Waals surface area contributed by atoms with Crippen LogP contribution in [0.25, 0.3) is 0 Å². The van der Waals surface area contributed by atoms with E-state index in [0.717, 1.165) is 6.42 Å². The minimum Gasteiger partial charge on any atom is -0.508 e. The third-order valence-corrected chi connectivity index (χ3v) is 2.82. The molecule has 0 saturated carbocycles. The van der Waals surface area contributed by atoms with Crippen LogP contribution in [-0.4, -0.2) is 10.0 Å². The summed E-state index contributed by atoms with van der Waals surface area (Å²) in [5, 5.41) is 20.2. The molecule has 16 heavy (non-hydrogen) atoms. The molecule has 5 nitrogen and oxygen atoms in total. The topological polar surface area (TPSA) is 89.4 Å². The maximum absolute atomic E-state index is 10.8. The molecule has 2 atom stereocenters. The van der Waals surface area contributed by atoms with Crippen molar-refractivity contribution in [2.75, 3.05) is 0 Å². The Morgan fingerprint density at radius 3 is 2.69 bits per heavy atom. The van der Waals surface area contributed by atoms with Crippen molar-refractivity contribution in [1.82, 2.24) is 0 Å². The van der Waals surface area contributed by atoms with Crippen molar-refractivity contribution in [3.63, 3.8) is 0 Å². The molecule has 0 bridgehead atoms. The van der Waals surface area contributed by atoms with Crippen molar-refractivity contribution in [3.05, 3.63) is 33.9 Å². The van der Waals surface area contributed by atoms with Gasteiger partial charge in [-0.3, -0.25) is 10.1 Å². The Bertz CT molecular complexity index is 393. The molecule has 1 unspecified atom stereocenters. The van der Waals surface area contributed by atoms with Gasteiger partial charge in [0.2, 0.25) is 0 Å². The average molecular weight is 224 g/mol. The van der Waals surface area contributed by atoms with Crippen LogP contribution in [-0.2, 0) is 0 Å². The van der Waals surface area contributed by atoms with E-state index in [1.807, 2.05) is 13.8 Å². The molecule has 0 aliphatic carbocycles. The standard InChI is InChI=1S/C11H16N2O3/c1-3-7(2)11(12)9-6-8(14)4-5-10(9)13(15)16/h4-7,11,14H,3,12H2,1-2H3/t7?,11-/m1/s1. The number of nitro groups is 1. The smallest absolute Gasteiger partial charge is 0.274 e. The van der Waals surface area contributed by atoms with E-state index >= 15 is 0 Å². The van der Waals surface area contributed by atoms with E-state index in [9.17, 15) is 15.2 Å². The minimum absolute atomic E-state index is 0.000599. The number of nitrogens with two attached hydrogens (primary N) is 1. The molecule has 0 spiro atoms. The molecule has 0 fully saturated rings. The van der Waals surface area contributed by atoms with E-state index in [4.69, 9.17) is 5.73 Å². The molecule has 0 radical (unpaired) electrons. The Kier molecular flexibility index (Phi) is 3.84. The van der Waals surface area contributed by atoms with Crippen LogP contribution >= 0.6 is 0 Å². The Labute approximate surface area is 94.0 Å². The lowest BCUT2D eigenvalue weighted by atomic mass is 9.92. The molecule has 88 valence electrons. The van der Waals surface area contributed by atoms with Gasteiger partial charge in [-0.2, -0.15) is 0 Å². The summed E-state index contributed by atoms with van der Waals surface area (Å²) in [6, 6.07) is 3.52. The number of hydrogen-bond donors (Lipinski definition) is 2. The summed E-state index contributed by atoms with van der Waals surface area (Å²) in [7, 11) is 0.